The van der Waals surface area contributed by atoms with Gasteiger partial charge in [-0.2, -0.15) is 0 Å². The number of halogens is 1. The van der Waals surface area contributed by atoms with Crippen LogP contribution >= 0.6 is 11.6 Å². The molecule has 5 nitrogen and oxygen atoms in total. The van der Waals surface area contributed by atoms with Crippen LogP contribution in [0.15, 0.2) is 42.5 Å². The van der Waals surface area contributed by atoms with E-state index in [1.807, 2.05) is 13.8 Å². The van der Waals surface area contributed by atoms with Crippen LogP contribution < -0.4 is 0 Å². The molecule has 2 amide bonds. The van der Waals surface area contributed by atoms with E-state index in [1.54, 1.807) is 24.3 Å². The van der Waals surface area contributed by atoms with Crippen molar-refractivity contribution in [3.63, 3.8) is 0 Å². The highest BCUT2D eigenvalue weighted by atomic mass is 35.5. The third-order valence-corrected chi connectivity index (χ3v) is 4.72. The number of benzene rings is 2. The minimum Gasteiger partial charge on any atom is -0.457 e. The smallest absolute Gasteiger partial charge is 0.338 e. The van der Waals surface area contributed by atoms with Gasteiger partial charge in [0.2, 0.25) is 0 Å². The van der Waals surface area contributed by atoms with Gasteiger partial charge in [0.15, 0.2) is 0 Å². The minimum atomic E-state index is -0.551. The first-order valence-electron chi connectivity index (χ1n) is 8.36. The number of ether oxygens (including phenoxy) is 1. The van der Waals surface area contributed by atoms with Crippen molar-refractivity contribution < 1.29 is 19.1 Å². The molecule has 2 aromatic carbocycles. The fourth-order valence-corrected chi connectivity index (χ4v) is 2.91. The van der Waals surface area contributed by atoms with Gasteiger partial charge in [-0.25, -0.2) is 4.79 Å². The second-order valence-electron chi connectivity index (χ2n) is 6.20. The van der Waals surface area contributed by atoms with Gasteiger partial charge in [0.1, 0.15) is 6.61 Å². The van der Waals surface area contributed by atoms with Crippen LogP contribution in [0, 0.1) is 0 Å². The Morgan fingerprint density at radius 2 is 1.73 bits per heavy atom. The lowest BCUT2D eigenvalue weighted by Crippen LogP contribution is -2.37. The summed E-state index contributed by atoms with van der Waals surface area (Å²) in [6.45, 7) is 3.83. The van der Waals surface area contributed by atoms with Gasteiger partial charge < -0.3 is 4.74 Å². The van der Waals surface area contributed by atoms with Crippen LogP contribution in [0.5, 0.6) is 0 Å². The fraction of sp³-hybridized carbons (Fsp3) is 0.250. The maximum atomic E-state index is 12.5. The Labute approximate surface area is 156 Å². The van der Waals surface area contributed by atoms with Crippen LogP contribution in [0.3, 0.4) is 0 Å². The average Bonchev–Trinajstić information content (AvgIpc) is 2.90. The van der Waals surface area contributed by atoms with E-state index in [0.717, 1.165) is 5.56 Å². The standard InChI is InChI=1S/C20H18ClNO4/c1-3-12(2)22-18(23)16-9-6-14(10-17(16)19(22)24)20(25)26-11-13-4-7-15(21)8-5-13/h4-10,12H,3,11H2,1-2H3/t12-/m1/s1. The largest absolute Gasteiger partial charge is 0.457 e. The van der Waals surface area contributed by atoms with Crippen LogP contribution in [0.25, 0.3) is 0 Å². The molecular weight excluding hydrogens is 354 g/mol. The van der Waals surface area contributed by atoms with Crippen LogP contribution in [0.2, 0.25) is 5.02 Å². The summed E-state index contributed by atoms with van der Waals surface area (Å²) in [5, 5.41) is 0.604. The first-order valence-corrected chi connectivity index (χ1v) is 8.73. The Morgan fingerprint density at radius 1 is 1.08 bits per heavy atom. The predicted octanol–water partition coefficient (Wildman–Crippen LogP) is 4.09. The van der Waals surface area contributed by atoms with E-state index >= 15 is 0 Å². The molecule has 134 valence electrons. The summed E-state index contributed by atoms with van der Waals surface area (Å²) in [5.74, 6) is -1.24. The van der Waals surface area contributed by atoms with Gasteiger partial charge >= 0.3 is 5.97 Å². The van der Waals surface area contributed by atoms with Crippen molar-refractivity contribution in [1.82, 2.24) is 4.90 Å². The molecule has 3 rings (SSSR count). The zero-order chi connectivity index (χ0) is 18.8. The van der Waals surface area contributed by atoms with Gasteiger partial charge in [-0.05, 0) is 49.2 Å². The second kappa shape index (κ2) is 7.30. The topological polar surface area (TPSA) is 63.7 Å². The fourth-order valence-electron chi connectivity index (χ4n) is 2.78. The Hall–Kier alpha value is -2.66. The highest BCUT2D eigenvalue weighted by Gasteiger charge is 2.38. The first-order chi connectivity index (χ1) is 12.4. The maximum Gasteiger partial charge on any atom is 0.338 e. The molecule has 0 spiro atoms. The second-order valence-corrected chi connectivity index (χ2v) is 6.64. The number of amides is 2. The summed E-state index contributed by atoms with van der Waals surface area (Å²) in [4.78, 5) is 38.5. The molecule has 6 heteroatoms. The Bertz CT molecular complexity index is 876. The molecule has 0 saturated heterocycles. The summed E-state index contributed by atoms with van der Waals surface area (Å²) in [7, 11) is 0. The van der Waals surface area contributed by atoms with E-state index in [2.05, 4.69) is 0 Å². The summed E-state index contributed by atoms with van der Waals surface area (Å²) >= 11 is 5.82. The van der Waals surface area contributed by atoms with E-state index in [1.165, 1.54) is 23.1 Å². The lowest BCUT2D eigenvalue weighted by molar-refractivity contribution is 0.0472. The first kappa shape index (κ1) is 18.1. The lowest BCUT2D eigenvalue weighted by atomic mass is 10.1. The number of hydrogen-bond donors (Lipinski definition) is 0. The van der Waals surface area contributed by atoms with Crippen molar-refractivity contribution in [3.8, 4) is 0 Å². The average molecular weight is 372 g/mol. The van der Waals surface area contributed by atoms with E-state index in [-0.39, 0.29) is 35.6 Å². The molecule has 2 aromatic rings. The van der Waals surface area contributed by atoms with Gasteiger partial charge in [0.05, 0.1) is 16.7 Å². The molecule has 0 aromatic heterocycles. The predicted molar refractivity (Wildman–Crippen MR) is 97.3 cm³/mol. The van der Waals surface area contributed by atoms with Gasteiger partial charge in [-0.3, -0.25) is 14.5 Å². The summed E-state index contributed by atoms with van der Waals surface area (Å²) < 4.78 is 5.28. The van der Waals surface area contributed by atoms with Crippen molar-refractivity contribution in [1.29, 1.82) is 0 Å². The summed E-state index contributed by atoms with van der Waals surface area (Å²) in [5.41, 5.74) is 1.61. The SMILES string of the molecule is CC[C@@H](C)N1C(=O)c2ccc(C(=O)OCc3ccc(Cl)cc3)cc2C1=O. The molecular formula is C20H18ClNO4. The van der Waals surface area contributed by atoms with E-state index in [0.29, 0.717) is 17.0 Å². The van der Waals surface area contributed by atoms with Gasteiger partial charge in [0.25, 0.3) is 11.8 Å². The molecule has 1 aliphatic heterocycles. The molecule has 1 atom stereocenters. The van der Waals surface area contributed by atoms with E-state index in [4.69, 9.17) is 16.3 Å². The third kappa shape index (κ3) is 3.35. The molecule has 0 N–H and O–H groups in total. The van der Waals surface area contributed by atoms with Crippen LogP contribution in [-0.2, 0) is 11.3 Å². The van der Waals surface area contributed by atoms with Crippen LogP contribution in [0.1, 0.15) is 56.9 Å². The Kier molecular flexibility index (Phi) is 5.09. The molecule has 1 heterocycles. The number of imide groups is 1. The number of fused-ring (bicyclic) bond motifs is 1. The summed E-state index contributed by atoms with van der Waals surface area (Å²) in [6, 6.07) is 11.2. The van der Waals surface area contributed by atoms with Crippen LogP contribution in [0.4, 0.5) is 0 Å². The number of nitrogens with zero attached hydrogens (tertiary/aromatic N) is 1. The van der Waals surface area contributed by atoms with Crippen molar-refractivity contribution >= 4 is 29.4 Å². The van der Waals surface area contributed by atoms with Gasteiger partial charge in [-0.1, -0.05) is 30.7 Å². The van der Waals surface area contributed by atoms with Crippen molar-refractivity contribution in [3.05, 3.63) is 69.7 Å². The molecule has 0 fully saturated rings. The van der Waals surface area contributed by atoms with Crippen LogP contribution in [-0.4, -0.2) is 28.7 Å². The number of hydrogen-bond acceptors (Lipinski definition) is 4. The molecule has 0 bridgehead atoms. The van der Waals surface area contributed by atoms with E-state index < -0.39 is 5.97 Å². The molecule has 0 saturated carbocycles. The monoisotopic (exact) mass is 371 g/mol. The molecule has 0 aliphatic carbocycles. The van der Waals surface area contributed by atoms with Gasteiger partial charge in [0, 0.05) is 11.1 Å². The number of esters is 1. The normalized spacial score (nSPS) is 14.3. The van der Waals surface area contributed by atoms with Crippen molar-refractivity contribution in [2.75, 3.05) is 0 Å². The molecule has 0 unspecified atom stereocenters. The lowest BCUT2D eigenvalue weighted by Gasteiger charge is -2.20. The molecule has 0 radical (unpaired) electrons. The summed E-state index contributed by atoms with van der Waals surface area (Å²) in [6.07, 6.45) is 0.668. The molecule has 26 heavy (non-hydrogen) atoms. The minimum absolute atomic E-state index is 0.0962. The number of carbonyl (C=O) groups is 3. The van der Waals surface area contributed by atoms with Gasteiger partial charge in [-0.15, -0.1) is 0 Å². The van der Waals surface area contributed by atoms with E-state index in [9.17, 15) is 14.4 Å². The number of rotatable bonds is 5. The molecule has 1 aliphatic rings. The van der Waals surface area contributed by atoms with Crippen molar-refractivity contribution in [2.24, 2.45) is 0 Å². The maximum absolute atomic E-state index is 12.5. The Balaban J connectivity index is 1.76. The highest BCUT2D eigenvalue weighted by Crippen LogP contribution is 2.27. The third-order valence-electron chi connectivity index (χ3n) is 4.47. The number of carbonyl (C=O) groups excluding carboxylic acids is 3. The highest BCUT2D eigenvalue weighted by molar-refractivity contribution is 6.30. The zero-order valence-corrected chi connectivity index (χ0v) is 15.2. The quantitative estimate of drug-likeness (QED) is 0.586. The Morgan fingerprint density at radius 3 is 2.38 bits per heavy atom. The zero-order valence-electron chi connectivity index (χ0n) is 14.5. The van der Waals surface area contributed by atoms with Crippen molar-refractivity contribution in [2.45, 2.75) is 32.9 Å².